The summed E-state index contributed by atoms with van der Waals surface area (Å²) in [5, 5.41) is 9.78. The number of likely N-dealkylation sites (N-methyl/N-ethyl adjacent to an activating group) is 1. The second-order valence-corrected chi connectivity index (χ2v) is 5.86. The Kier molecular flexibility index (Phi) is 3.82. The predicted octanol–water partition coefficient (Wildman–Crippen LogP) is 0.603. The van der Waals surface area contributed by atoms with Gasteiger partial charge in [0.25, 0.3) is 5.91 Å². The van der Waals surface area contributed by atoms with Crippen molar-refractivity contribution in [1.29, 1.82) is 0 Å². The summed E-state index contributed by atoms with van der Waals surface area (Å²) in [4.78, 5) is 18.9. The van der Waals surface area contributed by atoms with Gasteiger partial charge in [-0.2, -0.15) is 0 Å². The summed E-state index contributed by atoms with van der Waals surface area (Å²) in [6, 6.07) is 3.81. The minimum Gasteiger partial charge on any atom is -0.507 e. The van der Waals surface area contributed by atoms with Gasteiger partial charge in [0.05, 0.1) is 5.56 Å². The van der Waals surface area contributed by atoms with Gasteiger partial charge in [-0.3, -0.25) is 9.69 Å². The maximum atomic E-state index is 13.3. The molecule has 0 bridgehead atoms. The second-order valence-electron chi connectivity index (χ2n) is 5.86. The molecule has 3 rings (SSSR count). The summed E-state index contributed by atoms with van der Waals surface area (Å²) in [5.41, 5.74) is 0.0487. The number of halogens is 1. The number of fused-ring (bicyclic) bond motifs is 1. The number of phenols is 1. The zero-order valence-electron chi connectivity index (χ0n) is 12.1. The lowest BCUT2D eigenvalue weighted by Gasteiger charge is -2.46. The van der Waals surface area contributed by atoms with Crippen LogP contribution in [0.1, 0.15) is 10.4 Å². The zero-order valence-corrected chi connectivity index (χ0v) is 12.1. The third-order valence-corrected chi connectivity index (χ3v) is 4.37. The number of rotatable bonds is 1. The number of carbonyl (C=O) groups is 1. The highest BCUT2D eigenvalue weighted by molar-refractivity contribution is 5.96. The van der Waals surface area contributed by atoms with E-state index in [-0.39, 0.29) is 17.2 Å². The second kappa shape index (κ2) is 5.61. The molecular weight excluding hydrogens is 273 g/mol. The number of phenolic OH excluding ortho intramolecular Hbond substituents is 1. The predicted molar refractivity (Wildman–Crippen MR) is 76.8 cm³/mol. The van der Waals surface area contributed by atoms with E-state index in [1.165, 1.54) is 6.07 Å². The Bertz CT molecular complexity index is 552. The lowest BCUT2D eigenvalue weighted by Crippen LogP contribution is -2.62. The van der Waals surface area contributed by atoms with Gasteiger partial charge in [0, 0.05) is 45.3 Å². The molecule has 1 aromatic carbocycles. The maximum Gasteiger partial charge on any atom is 0.257 e. The Morgan fingerprint density at radius 1 is 1.24 bits per heavy atom. The fourth-order valence-corrected chi connectivity index (χ4v) is 3.15. The van der Waals surface area contributed by atoms with E-state index in [4.69, 9.17) is 0 Å². The monoisotopic (exact) mass is 293 g/mol. The maximum absolute atomic E-state index is 13.3. The van der Waals surface area contributed by atoms with Crippen LogP contribution in [0.25, 0.3) is 0 Å². The molecule has 114 valence electrons. The van der Waals surface area contributed by atoms with Crippen LogP contribution < -0.4 is 0 Å². The van der Waals surface area contributed by atoms with Gasteiger partial charge in [0.2, 0.25) is 0 Å². The Balaban J connectivity index is 1.75. The highest BCUT2D eigenvalue weighted by Crippen LogP contribution is 2.22. The van der Waals surface area contributed by atoms with Crippen LogP contribution in [0.15, 0.2) is 18.2 Å². The van der Waals surface area contributed by atoms with Crippen molar-refractivity contribution in [1.82, 2.24) is 14.7 Å². The number of amides is 1. The number of hydrogen-bond donors (Lipinski definition) is 1. The first-order valence-electron chi connectivity index (χ1n) is 7.25. The third kappa shape index (κ3) is 2.87. The minimum atomic E-state index is -0.507. The van der Waals surface area contributed by atoms with Crippen molar-refractivity contribution in [2.24, 2.45) is 0 Å². The van der Waals surface area contributed by atoms with E-state index in [1.54, 1.807) is 4.90 Å². The molecule has 1 aromatic rings. The molecule has 2 aliphatic rings. The highest BCUT2D eigenvalue weighted by Gasteiger charge is 2.33. The third-order valence-electron chi connectivity index (χ3n) is 4.37. The number of aromatic hydroxyl groups is 1. The first kappa shape index (κ1) is 14.3. The number of hydrogen-bond acceptors (Lipinski definition) is 4. The van der Waals surface area contributed by atoms with Crippen LogP contribution in [0.5, 0.6) is 5.75 Å². The Hall–Kier alpha value is -1.66. The molecule has 2 fully saturated rings. The number of nitrogens with zero attached hydrogens (tertiary/aromatic N) is 3. The Morgan fingerprint density at radius 3 is 2.81 bits per heavy atom. The van der Waals surface area contributed by atoms with E-state index >= 15 is 0 Å². The lowest BCUT2D eigenvalue weighted by molar-refractivity contribution is 0.0188. The molecule has 1 amide bonds. The van der Waals surface area contributed by atoms with Gasteiger partial charge in [0.15, 0.2) is 0 Å². The summed E-state index contributed by atoms with van der Waals surface area (Å²) in [6.07, 6.45) is 0. The minimum absolute atomic E-state index is 0.0487. The fourth-order valence-electron chi connectivity index (χ4n) is 3.15. The molecule has 1 N–H and O–H groups in total. The molecule has 0 aliphatic carbocycles. The molecule has 2 heterocycles. The van der Waals surface area contributed by atoms with Gasteiger partial charge in [-0.1, -0.05) is 0 Å². The van der Waals surface area contributed by atoms with Crippen LogP contribution in [0.3, 0.4) is 0 Å². The first-order valence-corrected chi connectivity index (χ1v) is 7.25. The smallest absolute Gasteiger partial charge is 0.257 e. The van der Waals surface area contributed by atoms with Crippen molar-refractivity contribution in [3.63, 3.8) is 0 Å². The normalized spacial score (nSPS) is 23.9. The molecule has 5 nitrogen and oxygen atoms in total. The lowest BCUT2D eigenvalue weighted by atomic mass is 10.1. The molecule has 0 aromatic heterocycles. The summed E-state index contributed by atoms with van der Waals surface area (Å²) in [7, 11) is 2.08. The molecule has 0 spiro atoms. The average molecular weight is 293 g/mol. The van der Waals surface area contributed by atoms with Crippen molar-refractivity contribution in [3.05, 3.63) is 29.6 Å². The van der Waals surface area contributed by atoms with Gasteiger partial charge >= 0.3 is 0 Å². The van der Waals surface area contributed by atoms with E-state index in [9.17, 15) is 14.3 Å². The van der Waals surface area contributed by atoms with Crippen LogP contribution in [-0.4, -0.2) is 78.1 Å². The standard InChI is InChI=1S/C15H20FN3O2/c1-17-4-5-18-6-7-19(10-12(18)9-17)15(21)13-8-11(16)2-3-14(13)20/h2-3,8,12,20H,4-7,9-10H2,1H3. The van der Waals surface area contributed by atoms with Gasteiger partial charge in [-0.05, 0) is 25.2 Å². The van der Waals surface area contributed by atoms with Gasteiger partial charge in [-0.25, -0.2) is 4.39 Å². The van der Waals surface area contributed by atoms with E-state index in [1.807, 2.05) is 0 Å². The van der Waals surface area contributed by atoms with Gasteiger partial charge < -0.3 is 14.9 Å². The molecule has 1 atom stereocenters. The van der Waals surface area contributed by atoms with Gasteiger partial charge in [-0.15, -0.1) is 0 Å². The van der Waals surface area contributed by atoms with Crippen LogP contribution in [-0.2, 0) is 0 Å². The van der Waals surface area contributed by atoms with E-state index in [2.05, 4.69) is 16.8 Å². The van der Waals surface area contributed by atoms with Crippen LogP contribution >= 0.6 is 0 Å². The fraction of sp³-hybridized carbons (Fsp3) is 0.533. The van der Waals surface area contributed by atoms with Crippen molar-refractivity contribution in [2.75, 3.05) is 46.3 Å². The van der Waals surface area contributed by atoms with Crippen LogP contribution in [0.4, 0.5) is 4.39 Å². The average Bonchev–Trinajstić information content (AvgIpc) is 2.48. The van der Waals surface area contributed by atoms with Crippen molar-refractivity contribution in [2.45, 2.75) is 6.04 Å². The summed E-state index contributed by atoms with van der Waals surface area (Å²) in [6.45, 7) is 5.08. The van der Waals surface area contributed by atoms with E-state index in [0.29, 0.717) is 19.1 Å². The molecule has 21 heavy (non-hydrogen) atoms. The molecule has 0 saturated carbocycles. The molecule has 2 aliphatic heterocycles. The van der Waals surface area contributed by atoms with Crippen LogP contribution in [0, 0.1) is 5.82 Å². The Morgan fingerprint density at radius 2 is 2.00 bits per heavy atom. The van der Waals surface area contributed by atoms with Crippen LogP contribution in [0.2, 0.25) is 0 Å². The molecular formula is C15H20FN3O2. The summed E-state index contributed by atoms with van der Waals surface area (Å²) >= 11 is 0. The number of carbonyl (C=O) groups excluding carboxylic acids is 1. The topological polar surface area (TPSA) is 47.0 Å². The molecule has 0 radical (unpaired) electrons. The van der Waals surface area contributed by atoms with E-state index < -0.39 is 5.82 Å². The number of piperazine rings is 2. The van der Waals surface area contributed by atoms with Crippen molar-refractivity contribution in [3.8, 4) is 5.75 Å². The van der Waals surface area contributed by atoms with E-state index in [0.717, 1.165) is 38.3 Å². The van der Waals surface area contributed by atoms with Crippen molar-refractivity contribution >= 4 is 5.91 Å². The highest BCUT2D eigenvalue weighted by atomic mass is 19.1. The molecule has 2 saturated heterocycles. The molecule has 1 unspecified atom stereocenters. The summed E-state index contributed by atoms with van der Waals surface area (Å²) in [5.74, 6) is -0.961. The first-order chi connectivity index (χ1) is 10.0. The number of benzene rings is 1. The van der Waals surface area contributed by atoms with Crippen molar-refractivity contribution < 1.29 is 14.3 Å². The quantitative estimate of drug-likeness (QED) is 0.824. The Labute approximate surface area is 123 Å². The zero-order chi connectivity index (χ0) is 15.0. The largest absolute Gasteiger partial charge is 0.507 e. The molecule has 6 heteroatoms. The van der Waals surface area contributed by atoms with Gasteiger partial charge in [0.1, 0.15) is 11.6 Å². The SMILES string of the molecule is CN1CCN2CCN(C(=O)c3cc(F)ccc3O)CC2C1. The summed E-state index contributed by atoms with van der Waals surface area (Å²) < 4.78 is 13.3.